The average Bonchev–Trinajstić information content (AvgIpc) is 2.54. The van der Waals surface area contributed by atoms with Gasteiger partial charge in [0.05, 0.1) is 13.5 Å². The third kappa shape index (κ3) is 4.83. The molecule has 0 radical (unpaired) electrons. The summed E-state index contributed by atoms with van der Waals surface area (Å²) in [5.74, 6) is -0.454. The van der Waals surface area contributed by atoms with Crippen LogP contribution in [0.2, 0.25) is 0 Å². The van der Waals surface area contributed by atoms with Crippen LogP contribution in [0.25, 0.3) is 0 Å². The molecule has 0 unspecified atom stereocenters. The van der Waals surface area contributed by atoms with E-state index in [2.05, 4.69) is 26.1 Å². The lowest BCUT2D eigenvalue weighted by atomic mass is 9.85. The number of anilines is 1. The second-order valence-corrected chi connectivity index (χ2v) is 6.89. The standard InChI is InChI=1S/C20H23NO4/c1-20(2,3)16-10-7-14(12-17(16)25-4)19(24)21-15-8-5-13(6-9-15)11-18(22)23/h5-10,12H,11H2,1-4H3,(H,21,24)(H,22,23). The van der Waals surface area contributed by atoms with Crippen LogP contribution in [0.15, 0.2) is 42.5 Å². The number of aliphatic carboxylic acids is 1. The summed E-state index contributed by atoms with van der Waals surface area (Å²) in [6.45, 7) is 6.26. The normalized spacial score (nSPS) is 11.0. The Morgan fingerprint density at radius 2 is 1.72 bits per heavy atom. The molecule has 0 saturated heterocycles. The van der Waals surface area contributed by atoms with Gasteiger partial charge in [-0.25, -0.2) is 0 Å². The molecule has 1 amide bonds. The van der Waals surface area contributed by atoms with Crippen molar-refractivity contribution in [3.63, 3.8) is 0 Å². The number of benzene rings is 2. The molecule has 5 heteroatoms. The van der Waals surface area contributed by atoms with Gasteiger partial charge in [-0.2, -0.15) is 0 Å². The largest absolute Gasteiger partial charge is 0.496 e. The molecule has 0 aliphatic rings. The Hall–Kier alpha value is -2.82. The summed E-state index contributed by atoms with van der Waals surface area (Å²) in [6.07, 6.45) is -0.0420. The van der Waals surface area contributed by atoms with Gasteiger partial charge in [0.25, 0.3) is 5.91 Å². The van der Waals surface area contributed by atoms with Crippen molar-refractivity contribution >= 4 is 17.6 Å². The molecule has 132 valence electrons. The van der Waals surface area contributed by atoms with E-state index in [-0.39, 0.29) is 17.7 Å². The summed E-state index contributed by atoms with van der Waals surface area (Å²) >= 11 is 0. The van der Waals surface area contributed by atoms with E-state index >= 15 is 0 Å². The second-order valence-electron chi connectivity index (χ2n) is 6.89. The van der Waals surface area contributed by atoms with Crippen molar-refractivity contribution in [2.45, 2.75) is 32.6 Å². The van der Waals surface area contributed by atoms with E-state index in [4.69, 9.17) is 9.84 Å². The maximum atomic E-state index is 12.4. The van der Waals surface area contributed by atoms with Crippen molar-refractivity contribution in [2.75, 3.05) is 12.4 Å². The highest BCUT2D eigenvalue weighted by Gasteiger charge is 2.20. The predicted molar refractivity (Wildman–Crippen MR) is 97.4 cm³/mol. The number of carbonyl (C=O) groups excluding carboxylic acids is 1. The summed E-state index contributed by atoms with van der Waals surface area (Å²) in [5.41, 5.74) is 2.74. The van der Waals surface area contributed by atoms with Gasteiger partial charge in [-0.15, -0.1) is 0 Å². The summed E-state index contributed by atoms with van der Waals surface area (Å²) in [6, 6.07) is 12.2. The van der Waals surface area contributed by atoms with E-state index in [1.54, 1.807) is 43.5 Å². The van der Waals surface area contributed by atoms with Crippen molar-refractivity contribution in [3.8, 4) is 5.75 Å². The molecule has 0 fully saturated rings. The summed E-state index contributed by atoms with van der Waals surface area (Å²) < 4.78 is 5.43. The lowest BCUT2D eigenvalue weighted by Gasteiger charge is -2.22. The summed E-state index contributed by atoms with van der Waals surface area (Å²) in [4.78, 5) is 23.1. The SMILES string of the molecule is COc1cc(C(=O)Nc2ccc(CC(=O)O)cc2)ccc1C(C)(C)C. The van der Waals surface area contributed by atoms with E-state index < -0.39 is 5.97 Å². The van der Waals surface area contributed by atoms with Gasteiger partial charge in [0, 0.05) is 11.3 Å². The molecule has 0 heterocycles. The lowest BCUT2D eigenvalue weighted by Crippen LogP contribution is -2.16. The smallest absolute Gasteiger partial charge is 0.307 e. The van der Waals surface area contributed by atoms with E-state index in [1.165, 1.54) is 0 Å². The topological polar surface area (TPSA) is 75.6 Å². The quantitative estimate of drug-likeness (QED) is 0.865. The predicted octanol–water partition coefficient (Wildman–Crippen LogP) is 3.87. The number of hydrogen-bond donors (Lipinski definition) is 2. The Balaban J connectivity index is 2.16. The van der Waals surface area contributed by atoms with Crippen molar-refractivity contribution in [2.24, 2.45) is 0 Å². The zero-order valence-electron chi connectivity index (χ0n) is 14.9. The zero-order chi connectivity index (χ0) is 18.6. The molecule has 0 aliphatic heterocycles. The van der Waals surface area contributed by atoms with Gasteiger partial charge in [-0.1, -0.05) is 39.0 Å². The van der Waals surface area contributed by atoms with Crippen LogP contribution in [0.5, 0.6) is 5.75 Å². The number of rotatable bonds is 5. The molecular weight excluding hydrogens is 318 g/mol. The number of carboxylic acid groups (broad SMARTS) is 1. The highest BCUT2D eigenvalue weighted by molar-refractivity contribution is 6.04. The maximum absolute atomic E-state index is 12.4. The molecular formula is C20H23NO4. The van der Waals surface area contributed by atoms with E-state index in [9.17, 15) is 9.59 Å². The fourth-order valence-electron chi connectivity index (χ4n) is 2.54. The number of nitrogens with one attached hydrogen (secondary N) is 1. The molecule has 0 bridgehead atoms. The van der Waals surface area contributed by atoms with Gasteiger partial charge in [-0.05, 0) is 40.8 Å². The molecule has 0 spiro atoms. The van der Waals surface area contributed by atoms with Crippen LogP contribution < -0.4 is 10.1 Å². The molecule has 2 aromatic rings. The molecule has 0 aliphatic carbocycles. The van der Waals surface area contributed by atoms with Gasteiger partial charge >= 0.3 is 5.97 Å². The zero-order valence-corrected chi connectivity index (χ0v) is 14.9. The van der Waals surface area contributed by atoms with Crippen LogP contribution in [0.1, 0.15) is 42.3 Å². The van der Waals surface area contributed by atoms with Crippen LogP contribution in [0.3, 0.4) is 0 Å². The van der Waals surface area contributed by atoms with E-state index in [1.807, 2.05) is 6.07 Å². The Kier molecular flexibility index (Phi) is 5.47. The fraction of sp³-hybridized carbons (Fsp3) is 0.300. The lowest BCUT2D eigenvalue weighted by molar-refractivity contribution is -0.136. The first kappa shape index (κ1) is 18.5. The average molecular weight is 341 g/mol. The molecule has 0 saturated carbocycles. The van der Waals surface area contributed by atoms with Crippen molar-refractivity contribution < 1.29 is 19.4 Å². The number of hydrogen-bond acceptors (Lipinski definition) is 3. The second kappa shape index (κ2) is 7.38. The molecule has 0 aromatic heterocycles. The first-order valence-electron chi connectivity index (χ1n) is 8.01. The highest BCUT2D eigenvalue weighted by Crippen LogP contribution is 2.32. The minimum Gasteiger partial charge on any atom is -0.496 e. The number of ether oxygens (including phenoxy) is 1. The van der Waals surface area contributed by atoms with E-state index in [0.29, 0.717) is 22.6 Å². The molecule has 2 aromatic carbocycles. The summed E-state index contributed by atoms with van der Waals surface area (Å²) in [7, 11) is 1.59. The number of methoxy groups -OCH3 is 1. The minimum atomic E-state index is -0.886. The van der Waals surface area contributed by atoms with Crippen molar-refractivity contribution in [1.82, 2.24) is 0 Å². The maximum Gasteiger partial charge on any atom is 0.307 e. The van der Waals surface area contributed by atoms with E-state index in [0.717, 1.165) is 5.56 Å². The highest BCUT2D eigenvalue weighted by atomic mass is 16.5. The fourth-order valence-corrected chi connectivity index (χ4v) is 2.54. The van der Waals surface area contributed by atoms with Gasteiger partial charge in [0.15, 0.2) is 0 Å². The van der Waals surface area contributed by atoms with Gasteiger partial charge < -0.3 is 15.2 Å². The Morgan fingerprint density at radius 1 is 1.08 bits per heavy atom. The van der Waals surface area contributed by atoms with Gasteiger partial charge in [0.1, 0.15) is 5.75 Å². The van der Waals surface area contributed by atoms with Crippen molar-refractivity contribution in [1.29, 1.82) is 0 Å². The number of amides is 1. The molecule has 5 nitrogen and oxygen atoms in total. The Morgan fingerprint density at radius 3 is 2.24 bits per heavy atom. The Bertz CT molecular complexity index is 773. The number of carbonyl (C=O) groups is 2. The van der Waals surface area contributed by atoms with Crippen LogP contribution in [-0.2, 0) is 16.6 Å². The number of carboxylic acids is 1. The molecule has 0 atom stereocenters. The first-order chi connectivity index (χ1) is 11.7. The van der Waals surface area contributed by atoms with Gasteiger partial charge in [-0.3, -0.25) is 9.59 Å². The Labute approximate surface area is 147 Å². The molecule has 2 N–H and O–H groups in total. The van der Waals surface area contributed by atoms with Crippen LogP contribution >= 0.6 is 0 Å². The monoisotopic (exact) mass is 341 g/mol. The molecule has 2 rings (SSSR count). The molecule has 25 heavy (non-hydrogen) atoms. The first-order valence-corrected chi connectivity index (χ1v) is 8.01. The minimum absolute atomic E-state index is 0.0420. The van der Waals surface area contributed by atoms with Crippen LogP contribution in [0, 0.1) is 0 Å². The summed E-state index contributed by atoms with van der Waals surface area (Å²) in [5, 5.41) is 11.6. The third-order valence-electron chi connectivity index (χ3n) is 3.84. The van der Waals surface area contributed by atoms with Crippen LogP contribution in [-0.4, -0.2) is 24.1 Å². The van der Waals surface area contributed by atoms with Gasteiger partial charge in [0.2, 0.25) is 0 Å². The third-order valence-corrected chi connectivity index (χ3v) is 3.84. The van der Waals surface area contributed by atoms with Crippen molar-refractivity contribution in [3.05, 3.63) is 59.2 Å². The van der Waals surface area contributed by atoms with Crippen LogP contribution in [0.4, 0.5) is 5.69 Å².